The molecule has 68 heavy (non-hydrogen) atoms. The summed E-state index contributed by atoms with van der Waals surface area (Å²) in [7, 11) is 0. The molecule has 0 radical (unpaired) electrons. The third-order valence-electron chi connectivity index (χ3n) is 13.1. The lowest BCUT2D eigenvalue weighted by Crippen LogP contribution is -2.54. The van der Waals surface area contributed by atoms with E-state index in [-0.39, 0.29) is 71.5 Å². The van der Waals surface area contributed by atoms with Gasteiger partial charge in [-0.15, -0.1) is 0 Å². The predicted octanol–water partition coefficient (Wildman–Crippen LogP) is 4.35. The molecule has 2 atom stereocenters. The molecule has 19 heteroatoms. The van der Waals surface area contributed by atoms with Crippen molar-refractivity contribution in [1.82, 2.24) is 45.1 Å². The van der Waals surface area contributed by atoms with Crippen LogP contribution in [0.4, 0.5) is 11.5 Å². The summed E-state index contributed by atoms with van der Waals surface area (Å²) in [5.41, 5.74) is 8.24. The summed E-state index contributed by atoms with van der Waals surface area (Å²) < 4.78 is 7.81. The second-order valence-electron chi connectivity index (χ2n) is 17.9. The fourth-order valence-corrected chi connectivity index (χ4v) is 9.57. The molecular weight excluding hydrogens is 869 g/mol. The number of benzene rings is 3. The molecule has 348 valence electrons. The Kier molecular flexibility index (Phi) is 12.4. The first-order valence-corrected chi connectivity index (χ1v) is 22.7. The molecule has 4 aliphatic heterocycles. The van der Waals surface area contributed by atoms with E-state index in [4.69, 9.17) is 15.6 Å². The fraction of sp³-hybridized carbons (Fsp3) is 0.347. The highest BCUT2D eigenvalue weighted by atomic mass is 16.5. The number of nitrogens with two attached hydrogens (primary N) is 1. The highest BCUT2D eigenvalue weighted by Gasteiger charge is 2.46. The molecule has 0 saturated carbocycles. The average molecular weight is 919 g/mol. The number of nitriles is 1. The van der Waals surface area contributed by atoms with Gasteiger partial charge < -0.3 is 26.0 Å². The molecule has 9 rings (SSSR count). The number of nitrogens with zero attached hydrogens (tertiary/aromatic N) is 8. The van der Waals surface area contributed by atoms with Crippen LogP contribution in [0.1, 0.15) is 79.1 Å². The zero-order valence-electron chi connectivity index (χ0n) is 37.6. The van der Waals surface area contributed by atoms with Crippen molar-refractivity contribution in [1.29, 1.82) is 5.26 Å². The van der Waals surface area contributed by atoms with E-state index >= 15 is 0 Å². The molecule has 3 saturated heterocycles. The molecule has 5 N–H and O–H groups in total. The Hall–Kier alpha value is -7.98. The minimum absolute atomic E-state index is 0.00858. The van der Waals surface area contributed by atoms with Crippen LogP contribution in [-0.4, -0.2) is 120 Å². The van der Waals surface area contributed by atoms with Gasteiger partial charge in [-0.1, -0.05) is 24.3 Å². The molecule has 3 fully saturated rings. The van der Waals surface area contributed by atoms with Crippen molar-refractivity contribution < 1.29 is 33.5 Å². The second-order valence-corrected chi connectivity index (χ2v) is 17.9. The van der Waals surface area contributed by atoms with Crippen LogP contribution < -0.4 is 26.4 Å². The largest absolute Gasteiger partial charge is 0.457 e. The average Bonchev–Trinajstić information content (AvgIpc) is 3.86. The number of likely N-dealkylation sites (tertiary alicyclic amines) is 2. The van der Waals surface area contributed by atoms with Gasteiger partial charge in [-0.2, -0.15) is 10.4 Å². The summed E-state index contributed by atoms with van der Waals surface area (Å²) in [6, 6.07) is 22.4. The Bertz CT molecular complexity index is 2900. The smallest absolute Gasteiger partial charge is 0.264 e. The molecule has 2 unspecified atom stereocenters. The maximum atomic E-state index is 14.1. The van der Waals surface area contributed by atoms with E-state index in [0.717, 1.165) is 22.6 Å². The lowest BCUT2D eigenvalue weighted by Gasteiger charge is -2.42. The van der Waals surface area contributed by atoms with Gasteiger partial charge in [0.05, 0.1) is 29.1 Å². The molecule has 5 aromatic rings. The SMILES string of the molecule is CC(C)(/C=C(\C#N)C(=O)N1CCCC(n2nc(-c3ccc(Oc4ccccc4)cc3)c3c(N)ncnc32)C1)N1CCC(NC(=O)CNc2cccc3c2C(=O)N(C2CCC(=O)NC2=O)C3=O)CC1. The van der Waals surface area contributed by atoms with Crippen molar-refractivity contribution in [2.24, 2.45) is 0 Å². The molecule has 6 heterocycles. The van der Waals surface area contributed by atoms with Gasteiger partial charge in [0.1, 0.15) is 47.0 Å². The Morgan fingerprint density at radius 3 is 2.41 bits per heavy atom. The summed E-state index contributed by atoms with van der Waals surface area (Å²) in [5, 5.41) is 24.2. The van der Waals surface area contributed by atoms with Gasteiger partial charge in [0.2, 0.25) is 17.7 Å². The number of rotatable bonds is 12. The number of carbonyl (C=O) groups excluding carboxylic acids is 6. The number of carbonyl (C=O) groups is 6. The van der Waals surface area contributed by atoms with E-state index in [1.165, 1.54) is 12.4 Å². The minimum atomic E-state index is -1.10. The van der Waals surface area contributed by atoms with Gasteiger partial charge in [-0.3, -0.25) is 43.9 Å². The van der Waals surface area contributed by atoms with Crippen LogP contribution >= 0.6 is 0 Å². The van der Waals surface area contributed by atoms with Crippen molar-refractivity contribution >= 4 is 58.0 Å². The zero-order chi connectivity index (χ0) is 47.7. The van der Waals surface area contributed by atoms with E-state index in [9.17, 15) is 34.0 Å². The van der Waals surface area contributed by atoms with Crippen LogP contribution in [0.25, 0.3) is 22.3 Å². The van der Waals surface area contributed by atoms with Crippen LogP contribution in [0.15, 0.2) is 90.8 Å². The number of amides is 6. The number of para-hydroxylation sites is 1. The maximum Gasteiger partial charge on any atom is 0.264 e. The van der Waals surface area contributed by atoms with E-state index in [2.05, 4.69) is 36.9 Å². The molecule has 0 aliphatic carbocycles. The zero-order valence-corrected chi connectivity index (χ0v) is 37.6. The van der Waals surface area contributed by atoms with Gasteiger partial charge in [0, 0.05) is 55.4 Å². The monoisotopic (exact) mass is 918 g/mol. The van der Waals surface area contributed by atoms with Crippen LogP contribution in [0, 0.1) is 11.3 Å². The van der Waals surface area contributed by atoms with Gasteiger partial charge in [-0.05, 0) is 101 Å². The minimum Gasteiger partial charge on any atom is -0.457 e. The van der Waals surface area contributed by atoms with E-state index in [1.54, 1.807) is 23.1 Å². The molecule has 19 nitrogen and oxygen atoms in total. The molecule has 4 aliphatic rings. The number of hydrogen-bond donors (Lipinski definition) is 4. The Labute approximate surface area is 391 Å². The highest BCUT2D eigenvalue weighted by Crippen LogP contribution is 2.36. The summed E-state index contributed by atoms with van der Waals surface area (Å²) in [4.78, 5) is 91.8. The van der Waals surface area contributed by atoms with Crippen molar-refractivity contribution in [3.8, 4) is 28.8 Å². The van der Waals surface area contributed by atoms with Crippen LogP contribution in [0.5, 0.6) is 11.5 Å². The summed E-state index contributed by atoms with van der Waals surface area (Å²) in [6.45, 7) is 5.71. The van der Waals surface area contributed by atoms with Crippen molar-refractivity contribution in [3.63, 3.8) is 0 Å². The topological polar surface area (TPSA) is 251 Å². The summed E-state index contributed by atoms with van der Waals surface area (Å²) in [6.07, 6.45) is 5.82. The quantitative estimate of drug-likeness (QED) is 0.0772. The van der Waals surface area contributed by atoms with Gasteiger partial charge in [-0.25, -0.2) is 14.6 Å². The van der Waals surface area contributed by atoms with Crippen LogP contribution in [-0.2, 0) is 19.2 Å². The summed E-state index contributed by atoms with van der Waals surface area (Å²) in [5.74, 6) is -1.46. The number of fused-ring (bicyclic) bond motifs is 2. The van der Waals surface area contributed by atoms with Crippen molar-refractivity contribution in [2.75, 3.05) is 43.8 Å². The van der Waals surface area contributed by atoms with Crippen molar-refractivity contribution in [3.05, 3.63) is 102 Å². The first kappa shape index (κ1) is 45.2. The highest BCUT2D eigenvalue weighted by molar-refractivity contribution is 6.25. The number of hydrogen-bond acceptors (Lipinski definition) is 14. The number of nitrogen functional groups attached to an aromatic ring is 1. The van der Waals surface area contributed by atoms with Crippen LogP contribution in [0.3, 0.4) is 0 Å². The fourth-order valence-electron chi connectivity index (χ4n) is 9.57. The molecule has 0 bridgehead atoms. The van der Waals surface area contributed by atoms with Crippen LogP contribution in [0.2, 0.25) is 0 Å². The lowest BCUT2D eigenvalue weighted by atomic mass is 9.93. The number of anilines is 2. The predicted molar refractivity (Wildman–Crippen MR) is 249 cm³/mol. The first-order chi connectivity index (χ1) is 32.8. The third kappa shape index (κ3) is 8.97. The maximum absolute atomic E-state index is 14.1. The van der Waals surface area contributed by atoms with E-state index in [1.807, 2.05) is 73.1 Å². The van der Waals surface area contributed by atoms with Crippen molar-refractivity contribution in [2.45, 2.75) is 76.0 Å². The van der Waals surface area contributed by atoms with Gasteiger partial charge >= 0.3 is 0 Å². The number of imide groups is 2. The Morgan fingerprint density at radius 1 is 0.926 bits per heavy atom. The molecule has 6 amide bonds. The van der Waals surface area contributed by atoms with Gasteiger partial charge in [0.15, 0.2) is 5.65 Å². The Morgan fingerprint density at radius 2 is 1.68 bits per heavy atom. The Balaban J connectivity index is 0.805. The molecule has 2 aromatic heterocycles. The molecular formula is C49H50N12O7. The standard InChI is InChI=1S/C49H50N12O7/c1-49(2,59-22-19-31(20-23-59)55-39(63)26-52-36-12-6-11-35-40(36)48(67)60(47(35)66)37-17-18-38(62)56-45(37)64)24-30(25-50)46(65)58-21-7-8-32(27-58)61-44-41(43(51)53-28-54-44)42(57-61)29-13-15-34(16-14-29)68-33-9-4-3-5-10-33/h3-6,9-16,24,28,31-32,37,52H,7-8,17-23,26-27H2,1-2H3,(H,55,63)(H2,51,53,54)(H,56,62,64)/b30-24+. The summed E-state index contributed by atoms with van der Waals surface area (Å²) >= 11 is 0. The van der Waals surface area contributed by atoms with E-state index < -0.39 is 35.2 Å². The number of nitrogens with one attached hydrogen (secondary N) is 3. The number of ether oxygens (including phenoxy) is 1. The molecule has 3 aromatic carbocycles. The second kappa shape index (κ2) is 18.7. The number of aromatic nitrogens is 4. The van der Waals surface area contributed by atoms with Gasteiger partial charge in [0.25, 0.3) is 17.7 Å². The normalized spacial score (nSPS) is 19.4. The van der Waals surface area contributed by atoms with E-state index in [0.29, 0.717) is 67.9 Å². The first-order valence-electron chi connectivity index (χ1n) is 22.7. The lowest BCUT2D eigenvalue weighted by molar-refractivity contribution is -0.136. The third-order valence-corrected chi connectivity index (χ3v) is 13.1. The molecule has 0 spiro atoms. The number of piperidine rings is 3.